The second-order valence-electron chi connectivity index (χ2n) is 4.71. The summed E-state index contributed by atoms with van der Waals surface area (Å²) >= 11 is 0. The molecule has 0 atom stereocenters. The Balaban J connectivity index is 2.44. The molecule has 1 N–H and O–H groups in total. The topological polar surface area (TPSA) is 48.3 Å². The maximum Gasteiger partial charge on any atom is 0.0628 e. The molecule has 0 aliphatic carbocycles. The van der Waals surface area contributed by atoms with Crippen LogP contribution in [0.4, 0.5) is 0 Å². The Hall–Kier alpha value is -0.910. The Kier molecular flexibility index (Phi) is 7.70. The first-order valence-corrected chi connectivity index (χ1v) is 6.92. The van der Waals surface area contributed by atoms with E-state index in [0.717, 1.165) is 51.4 Å². The van der Waals surface area contributed by atoms with Crippen LogP contribution in [0.15, 0.2) is 0 Å². The average molecular weight is 269 g/mol. The molecule has 1 aromatic heterocycles. The molecule has 0 saturated carbocycles. The monoisotopic (exact) mass is 269 g/mol. The molecule has 19 heavy (non-hydrogen) atoms. The maximum absolute atomic E-state index is 5.08. The van der Waals surface area contributed by atoms with Gasteiger partial charge in [-0.2, -0.15) is 5.10 Å². The molecular formula is C14H27N3O2. The molecule has 110 valence electrons. The van der Waals surface area contributed by atoms with Crippen molar-refractivity contribution in [1.82, 2.24) is 15.1 Å². The van der Waals surface area contributed by atoms with Crippen LogP contribution in [0, 0.1) is 13.8 Å². The van der Waals surface area contributed by atoms with E-state index in [1.807, 2.05) is 0 Å². The van der Waals surface area contributed by atoms with Crippen molar-refractivity contribution in [3.63, 3.8) is 0 Å². The lowest BCUT2D eigenvalue weighted by Gasteiger charge is -2.06. The third-order valence-electron chi connectivity index (χ3n) is 3.28. The van der Waals surface area contributed by atoms with Gasteiger partial charge in [-0.05, 0) is 38.8 Å². The first-order valence-electron chi connectivity index (χ1n) is 6.92. The summed E-state index contributed by atoms with van der Waals surface area (Å²) in [6, 6.07) is 0. The van der Waals surface area contributed by atoms with Crippen molar-refractivity contribution in [3.8, 4) is 0 Å². The number of aryl methyl sites for hydroxylation is 2. The Bertz CT molecular complexity index is 364. The first kappa shape index (κ1) is 16.1. The van der Waals surface area contributed by atoms with Crippen molar-refractivity contribution in [2.24, 2.45) is 0 Å². The lowest BCUT2D eigenvalue weighted by molar-refractivity contribution is 0.188. The predicted octanol–water partition coefficient (Wildman–Crippen LogP) is 1.31. The fourth-order valence-electron chi connectivity index (χ4n) is 2.18. The van der Waals surface area contributed by atoms with E-state index in [1.165, 1.54) is 11.3 Å². The van der Waals surface area contributed by atoms with Crippen molar-refractivity contribution in [1.29, 1.82) is 0 Å². The highest BCUT2D eigenvalue weighted by Gasteiger charge is 2.10. The smallest absolute Gasteiger partial charge is 0.0628 e. The minimum atomic E-state index is 0.758. The van der Waals surface area contributed by atoms with Crippen molar-refractivity contribution < 1.29 is 9.47 Å². The summed E-state index contributed by atoms with van der Waals surface area (Å²) in [5.41, 5.74) is 3.79. The summed E-state index contributed by atoms with van der Waals surface area (Å²) in [6.45, 7) is 8.57. The maximum atomic E-state index is 5.08. The highest BCUT2D eigenvalue weighted by Crippen LogP contribution is 2.13. The largest absolute Gasteiger partial charge is 0.385 e. The molecule has 0 spiro atoms. The minimum Gasteiger partial charge on any atom is -0.385 e. The van der Waals surface area contributed by atoms with E-state index in [1.54, 1.807) is 14.2 Å². The minimum absolute atomic E-state index is 0.758. The third kappa shape index (κ3) is 5.30. The van der Waals surface area contributed by atoms with E-state index in [-0.39, 0.29) is 0 Å². The van der Waals surface area contributed by atoms with Crippen LogP contribution in [0.1, 0.15) is 23.4 Å². The molecular weight excluding hydrogens is 242 g/mol. The summed E-state index contributed by atoms with van der Waals surface area (Å²) in [7, 11) is 3.46. The molecule has 0 bridgehead atoms. The molecule has 0 saturated heterocycles. The van der Waals surface area contributed by atoms with Crippen molar-refractivity contribution in [2.75, 3.05) is 40.5 Å². The fourth-order valence-corrected chi connectivity index (χ4v) is 2.18. The van der Waals surface area contributed by atoms with Gasteiger partial charge in [-0.3, -0.25) is 4.68 Å². The van der Waals surface area contributed by atoms with E-state index in [2.05, 4.69) is 28.9 Å². The zero-order valence-corrected chi connectivity index (χ0v) is 12.7. The molecule has 1 aromatic rings. The predicted molar refractivity (Wildman–Crippen MR) is 76.6 cm³/mol. The number of hydrogen-bond acceptors (Lipinski definition) is 4. The van der Waals surface area contributed by atoms with Gasteiger partial charge in [0.25, 0.3) is 0 Å². The zero-order chi connectivity index (χ0) is 14.1. The van der Waals surface area contributed by atoms with Crippen LogP contribution in [-0.4, -0.2) is 50.3 Å². The number of aromatic nitrogens is 2. The number of nitrogens with one attached hydrogen (secondary N) is 1. The summed E-state index contributed by atoms with van der Waals surface area (Å²) in [5, 5.41) is 7.97. The highest BCUT2D eigenvalue weighted by molar-refractivity contribution is 5.24. The molecule has 5 nitrogen and oxygen atoms in total. The Morgan fingerprint density at radius 2 is 1.84 bits per heavy atom. The molecule has 0 amide bonds. The second-order valence-corrected chi connectivity index (χ2v) is 4.71. The average Bonchev–Trinajstić information content (AvgIpc) is 2.66. The van der Waals surface area contributed by atoms with Crippen LogP contribution in [0.3, 0.4) is 0 Å². The van der Waals surface area contributed by atoms with Gasteiger partial charge >= 0.3 is 0 Å². The molecule has 0 unspecified atom stereocenters. The van der Waals surface area contributed by atoms with Crippen LogP contribution >= 0.6 is 0 Å². The van der Waals surface area contributed by atoms with Crippen molar-refractivity contribution in [2.45, 2.75) is 33.2 Å². The van der Waals surface area contributed by atoms with Gasteiger partial charge in [0.05, 0.1) is 12.3 Å². The Labute approximate surface area is 116 Å². The van der Waals surface area contributed by atoms with Gasteiger partial charge in [-0.15, -0.1) is 0 Å². The molecule has 0 radical (unpaired) electrons. The van der Waals surface area contributed by atoms with Gasteiger partial charge in [0, 0.05) is 39.6 Å². The van der Waals surface area contributed by atoms with Gasteiger partial charge in [0.2, 0.25) is 0 Å². The number of ether oxygens (including phenoxy) is 2. The highest BCUT2D eigenvalue weighted by atomic mass is 16.5. The number of nitrogens with zero attached hydrogens (tertiary/aromatic N) is 2. The van der Waals surface area contributed by atoms with E-state index in [4.69, 9.17) is 9.47 Å². The van der Waals surface area contributed by atoms with Crippen LogP contribution in [0.5, 0.6) is 0 Å². The van der Waals surface area contributed by atoms with E-state index < -0.39 is 0 Å². The van der Waals surface area contributed by atoms with Gasteiger partial charge in [0.1, 0.15) is 0 Å². The number of rotatable bonds is 10. The number of methoxy groups -OCH3 is 2. The first-order chi connectivity index (χ1) is 9.20. The SMILES string of the molecule is COCCCn1nc(C)c(CCNCCOC)c1C. The quantitative estimate of drug-likeness (QED) is 0.651. The standard InChI is InChI=1S/C14H27N3O2/c1-12-14(6-7-15-8-11-19-4)13(2)17(16-12)9-5-10-18-3/h15H,5-11H2,1-4H3. The van der Waals surface area contributed by atoms with Crippen LogP contribution in [0.25, 0.3) is 0 Å². The normalized spacial score (nSPS) is 11.2. The molecule has 5 heteroatoms. The van der Waals surface area contributed by atoms with E-state index in [9.17, 15) is 0 Å². The molecule has 1 heterocycles. The molecule has 0 aromatic carbocycles. The van der Waals surface area contributed by atoms with Crippen LogP contribution < -0.4 is 5.32 Å². The zero-order valence-electron chi connectivity index (χ0n) is 12.7. The van der Waals surface area contributed by atoms with Gasteiger partial charge < -0.3 is 14.8 Å². The van der Waals surface area contributed by atoms with E-state index in [0.29, 0.717) is 0 Å². The summed E-state index contributed by atoms with van der Waals surface area (Å²) < 4.78 is 12.2. The Morgan fingerprint density at radius 1 is 1.11 bits per heavy atom. The molecule has 0 aliphatic heterocycles. The lowest BCUT2D eigenvalue weighted by atomic mass is 10.1. The fraction of sp³-hybridized carbons (Fsp3) is 0.786. The summed E-state index contributed by atoms with van der Waals surface area (Å²) in [5.74, 6) is 0. The molecule has 0 aliphatic rings. The van der Waals surface area contributed by atoms with Crippen LogP contribution in [-0.2, 0) is 22.4 Å². The van der Waals surface area contributed by atoms with Gasteiger partial charge in [-0.25, -0.2) is 0 Å². The van der Waals surface area contributed by atoms with E-state index >= 15 is 0 Å². The summed E-state index contributed by atoms with van der Waals surface area (Å²) in [4.78, 5) is 0. The second kappa shape index (κ2) is 9.07. The van der Waals surface area contributed by atoms with Crippen molar-refractivity contribution in [3.05, 3.63) is 17.0 Å². The van der Waals surface area contributed by atoms with Crippen LogP contribution in [0.2, 0.25) is 0 Å². The van der Waals surface area contributed by atoms with Gasteiger partial charge in [-0.1, -0.05) is 0 Å². The summed E-state index contributed by atoms with van der Waals surface area (Å²) in [6.07, 6.45) is 2.02. The number of hydrogen-bond donors (Lipinski definition) is 1. The molecule has 1 rings (SSSR count). The lowest BCUT2D eigenvalue weighted by Crippen LogP contribution is -2.22. The Morgan fingerprint density at radius 3 is 2.53 bits per heavy atom. The van der Waals surface area contributed by atoms with Gasteiger partial charge in [0.15, 0.2) is 0 Å². The molecule has 0 fully saturated rings. The van der Waals surface area contributed by atoms with Crippen molar-refractivity contribution >= 4 is 0 Å². The third-order valence-corrected chi connectivity index (χ3v) is 3.28.